The summed E-state index contributed by atoms with van der Waals surface area (Å²) in [6.07, 6.45) is 10.0. The molecule has 0 aliphatic heterocycles. The third kappa shape index (κ3) is 3.07. The molecule has 2 rings (SSSR count). The smallest absolute Gasteiger partial charge is 0.143 e. The van der Waals surface area contributed by atoms with Crippen molar-refractivity contribution in [3.8, 4) is 5.75 Å². The van der Waals surface area contributed by atoms with Crippen molar-refractivity contribution >= 4 is 0 Å². The highest BCUT2D eigenvalue weighted by atomic mass is 16.5. The van der Waals surface area contributed by atoms with Gasteiger partial charge >= 0.3 is 0 Å². The van der Waals surface area contributed by atoms with Crippen molar-refractivity contribution < 1.29 is 9.84 Å². The van der Waals surface area contributed by atoms with E-state index in [2.05, 4.69) is 24.1 Å². The molecule has 1 N–H and O–H groups in total. The van der Waals surface area contributed by atoms with Crippen LogP contribution in [0.5, 0.6) is 5.75 Å². The number of aliphatic hydroxyl groups is 1. The predicted molar refractivity (Wildman–Crippen MR) is 66.7 cm³/mol. The van der Waals surface area contributed by atoms with Crippen molar-refractivity contribution in [2.24, 2.45) is 11.8 Å². The third-order valence-electron chi connectivity index (χ3n) is 3.41. The van der Waals surface area contributed by atoms with Gasteiger partial charge in [-0.3, -0.25) is 4.98 Å². The minimum atomic E-state index is -0.00201. The molecule has 0 saturated heterocycles. The molecule has 0 aromatic carbocycles. The van der Waals surface area contributed by atoms with Crippen molar-refractivity contribution in [3.63, 3.8) is 0 Å². The molecule has 2 atom stereocenters. The first-order chi connectivity index (χ1) is 8.31. The van der Waals surface area contributed by atoms with E-state index in [-0.39, 0.29) is 6.61 Å². The van der Waals surface area contributed by atoms with Gasteiger partial charge in [-0.25, -0.2) is 0 Å². The molecule has 1 heterocycles. The van der Waals surface area contributed by atoms with Crippen LogP contribution < -0.4 is 4.74 Å². The summed E-state index contributed by atoms with van der Waals surface area (Å²) in [5, 5.41) is 9.19. The molecule has 2 unspecified atom stereocenters. The van der Waals surface area contributed by atoms with Crippen molar-refractivity contribution in [3.05, 3.63) is 36.2 Å². The largest absolute Gasteiger partial charge is 0.491 e. The number of hydrogen-bond acceptors (Lipinski definition) is 3. The van der Waals surface area contributed by atoms with Gasteiger partial charge in [0.15, 0.2) is 0 Å². The molecule has 1 aromatic heterocycles. The molecule has 0 saturated carbocycles. The second-order valence-electron chi connectivity index (χ2n) is 4.63. The molecular formula is C14H19NO2. The maximum absolute atomic E-state index is 9.19. The molecule has 0 spiro atoms. The zero-order valence-electron chi connectivity index (χ0n) is 10.2. The Morgan fingerprint density at radius 1 is 1.41 bits per heavy atom. The van der Waals surface area contributed by atoms with Gasteiger partial charge in [0, 0.05) is 11.8 Å². The number of nitrogens with zero attached hydrogens (tertiary/aromatic N) is 1. The summed E-state index contributed by atoms with van der Waals surface area (Å²) < 4.78 is 5.78. The maximum Gasteiger partial charge on any atom is 0.143 e. The summed E-state index contributed by atoms with van der Waals surface area (Å²) in [5.41, 5.74) is 0.805. The molecule has 1 aliphatic rings. The first-order valence-corrected chi connectivity index (χ1v) is 6.12. The highest BCUT2D eigenvalue weighted by Gasteiger charge is 2.19. The minimum absolute atomic E-state index is 0.00201. The van der Waals surface area contributed by atoms with Gasteiger partial charge < -0.3 is 9.84 Å². The van der Waals surface area contributed by atoms with Gasteiger partial charge in [-0.2, -0.15) is 0 Å². The highest BCUT2D eigenvalue weighted by Crippen LogP contribution is 2.26. The van der Waals surface area contributed by atoms with Crippen LogP contribution in [0, 0.1) is 11.8 Å². The molecule has 1 aliphatic carbocycles. The second-order valence-corrected chi connectivity index (χ2v) is 4.63. The number of ether oxygens (including phenoxy) is 1. The Hall–Kier alpha value is -1.35. The quantitative estimate of drug-likeness (QED) is 0.813. The lowest BCUT2D eigenvalue weighted by Crippen LogP contribution is -2.21. The van der Waals surface area contributed by atoms with Gasteiger partial charge in [0.05, 0.1) is 19.4 Å². The van der Waals surface area contributed by atoms with Crippen LogP contribution in [-0.2, 0) is 6.61 Å². The Bertz CT molecular complexity index is 390. The van der Waals surface area contributed by atoms with E-state index in [1.807, 2.05) is 0 Å². The number of pyridine rings is 1. The molecular weight excluding hydrogens is 214 g/mol. The monoisotopic (exact) mass is 233 g/mol. The van der Waals surface area contributed by atoms with E-state index in [0.29, 0.717) is 24.2 Å². The number of aromatic nitrogens is 1. The lowest BCUT2D eigenvalue weighted by Gasteiger charge is -2.25. The van der Waals surface area contributed by atoms with Gasteiger partial charge in [-0.15, -0.1) is 0 Å². The van der Waals surface area contributed by atoms with Gasteiger partial charge in [-0.05, 0) is 30.7 Å². The Labute approximate surface area is 102 Å². The lowest BCUT2D eigenvalue weighted by atomic mass is 9.85. The predicted octanol–water partition coefficient (Wildman–Crippen LogP) is 2.56. The highest BCUT2D eigenvalue weighted by molar-refractivity contribution is 5.28. The number of rotatable bonds is 4. The molecule has 0 amide bonds. The van der Waals surface area contributed by atoms with E-state index in [0.717, 1.165) is 18.4 Å². The number of aliphatic hydroxyl groups excluding tert-OH is 1. The van der Waals surface area contributed by atoms with Crippen LogP contribution in [0.25, 0.3) is 0 Å². The fourth-order valence-corrected chi connectivity index (χ4v) is 2.11. The van der Waals surface area contributed by atoms with Gasteiger partial charge in [0.25, 0.3) is 0 Å². The first-order valence-electron chi connectivity index (χ1n) is 6.12. The molecule has 0 radical (unpaired) electrons. The van der Waals surface area contributed by atoms with Crippen molar-refractivity contribution in [1.82, 2.24) is 4.98 Å². The summed E-state index contributed by atoms with van der Waals surface area (Å²) in [5.74, 6) is 1.93. The van der Waals surface area contributed by atoms with Crippen LogP contribution in [0.3, 0.4) is 0 Å². The lowest BCUT2D eigenvalue weighted by molar-refractivity contribution is 0.191. The average Bonchev–Trinajstić information content (AvgIpc) is 2.38. The van der Waals surface area contributed by atoms with E-state index < -0.39 is 0 Å². The Morgan fingerprint density at radius 2 is 2.24 bits per heavy atom. The Balaban J connectivity index is 1.95. The normalized spacial score (nSPS) is 23.6. The van der Waals surface area contributed by atoms with E-state index in [1.165, 1.54) is 0 Å². The minimum Gasteiger partial charge on any atom is -0.491 e. The molecule has 3 nitrogen and oxygen atoms in total. The maximum atomic E-state index is 9.19. The van der Waals surface area contributed by atoms with E-state index in [1.54, 1.807) is 18.5 Å². The fourth-order valence-electron chi connectivity index (χ4n) is 2.11. The van der Waals surface area contributed by atoms with E-state index in [4.69, 9.17) is 4.74 Å². The van der Waals surface area contributed by atoms with Crippen LogP contribution in [0.4, 0.5) is 0 Å². The van der Waals surface area contributed by atoms with Crippen molar-refractivity contribution in [2.45, 2.75) is 26.4 Å². The van der Waals surface area contributed by atoms with Crippen molar-refractivity contribution in [2.75, 3.05) is 6.61 Å². The van der Waals surface area contributed by atoms with Crippen LogP contribution in [-0.4, -0.2) is 16.7 Å². The molecule has 1 aromatic rings. The second kappa shape index (κ2) is 5.82. The summed E-state index contributed by atoms with van der Waals surface area (Å²) >= 11 is 0. The average molecular weight is 233 g/mol. The molecule has 3 heteroatoms. The topological polar surface area (TPSA) is 42.4 Å². The molecule has 0 bridgehead atoms. The van der Waals surface area contributed by atoms with Crippen LogP contribution in [0.15, 0.2) is 30.6 Å². The number of allylic oxidation sites excluding steroid dienone is 2. The summed E-state index contributed by atoms with van der Waals surface area (Å²) in [7, 11) is 0. The summed E-state index contributed by atoms with van der Waals surface area (Å²) in [4.78, 5) is 4.03. The Morgan fingerprint density at radius 3 is 3.00 bits per heavy atom. The standard InChI is InChI=1S/C14H19NO2/c1-11-4-2-3-5-13(11)10-17-14-8-15-7-6-12(14)9-16/h2-3,6-8,11,13,16H,4-5,9-10H2,1H3. The van der Waals surface area contributed by atoms with Gasteiger partial charge in [-0.1, -0.05) is 19.1 Å². The van der Waals surface area contributed by atoms with Crippen molar-refractivity contribution in [1.29, 1.82) is 0 Å². The van der Waals surface area contributed by atoms with E-state index >= 15 is 0 Å². The van der Waals surface area contributed by atoms with Gasteiger partial charge in [0.1, 0.15) is 5.75 Å². The molecule has 92 valence electrons. The number of hydrogen-bond donors (Lipinski definition) is 1. The fraction of sp³-hybridized carbons (Fsp3) is 0.500. The molecule has 0 fully saturated rings. The SMILES string of the molecule is CC1CC=CCC1COc1cnccc1CO. The van der Waals surface area contributed by atoms with Crippen LogP contribution in [0.1, 0.15) is 25.3 Å². The Kier molecular flexibility index (Phi) is 4.15. The zero-order valence-corrected chi connectivity index (χ0v) is 10.2. The third-order valence-corrected chi connectivity index (χ3v) is 3.41. The van der Waals surface area contributed by atoms with E-state index in [9.17, 15) is 5.11 Å². The molecule has 17 heavy (non-hydrogen) atoms. The van der Waals surface area contributed by atoms with Crippen LogP contribution >= 0.6 is 0 Å². The van der Waals surface area contributed by atoms with Crippen LogP contribution in [0.2, 0.25) is 0 Å². The van der Waals surface area contributed by atoms with Gasteiger partial charge in [0.2, 0.25) is 0 Å². The summed E-state index contributed by atoms with van der Waals surface area (Å²) in [6.45, 7) is 2.95. The first kappa shape index (κ1) is 12.1. The zero-order chi connectivity index (χ0) is 12.1. The summed E-state index contributed by atoms with van der Waals surface area (Å²) in [6, 6.07) is 1.79.